The quantitative estimate of drug-likeness (QED) is 0.742. The van der Waals surface area contributed by atoms with E-state index < -0.39 is 0 Å². The van der Waals surface area contributed by atoms with Gasteiger partial charge in [-0.15, -0.1) is 0 Å². The Morgan fingerprint density at radius 1 is 1.07 bits per heavy atom. The topological polar surface area (TPSA) is 54.5 Å². The minimum atomic E-state index is 0.711. The van der Waals surface area contributed by atoms with Crippen LogP contribution in [-0.4, -0.2) is 20.2 Å². The predicted molar refractivity (Wildman–Crippen MR) is 53.8 cm³/mol. The summed E-state index contributed by atoms with van der Waals surface area (Å²) in [5.41, 5.74) is 4.04. The first-order valence-electron chi connectivity index (χ1n) is 4.50. The van der Waals surface area contributed by atoms with Crippen molar-refractivity contribution in [1.29, 1.82) is 0 Å². The van der Waals surface area contributed by atoms with Gasteiger partial charge in [-0.05, 0) is 32.4 Å². The molecule has 0 aliphatic heterocycles. The molecule has 4 nitrogen and oxygen atoms in total. The van der Waals surface area contributed by atoms with E-state index in [1.54, 1.807) is 6.20 Å². The molecular formula is C10H12N4. The van der Waals surface area contributed by atoms with Gasteiger partial charge in [0.1, 0.15) is 5.69 Å². The van der Waals surface area contributed by atoms with Crippen LogP contribution in [0.15, 0.2) is 12.3 Å². The highest BCUT2D eigenvalue weighted by atomic mass is 15.1. The monoisotopic (exact) mass is 188 g/mol. The summed E-state index contributed by atoms with van der Waals surface area (Å²) in [6.07, 6.45) is 1.70. The van der Waals surface area contributed by atoms with E-state index in [-0.39, 0.29) is 0 Å². The molecule has 0 aromatic carbocycles. The fraction of sp³-hybridized carbons (Fsp3) is 0.300. The molecule has 0 spiro atoms. The maximum absolute atomic E-state index is 4.39. The molecule has 0 aliphatic rings. The Labute approximate surface area is 82.4 Å². The van der Waals surface area contributed by atoms with Crippen LogP contribution in [0.3, 0.4) is 0 Å². The molecule has 0 aliphatic carbocycles. The lowest BCUT2D eigenvalue weighted by Gasteiger charge is -2.04. The molecule has 0 unspecified atom stereocenters. The van der Waals surface area contributed by atoms with E-state index in [0.29, 0.717) is 5.82 Å². The average Bonchev–Trinajstić information content (AvgIpc) is 2.66. The summed E-state index contributed by atoms with van der Waals surface area (Å²) in [5, 5.41) is 6.73. The number of H-pyrrole nitrogens is 1. The normalized spacial score (nSPS) is 10.5. The predicted octanol–water partition coefficient (Wildman–Crippen LogP) is 1.79. The maximum atomic E-state index is 4.39. The zero-order valence-corrected chi connectivity index (χ0v) is 8.50. The van der Waals surface area contributed by atoms with Crippen LogP contribution in [0.1, 0.15) is 17.0 Å². The van der Waals surface area contributed by atoms with Crippen LogP contribution < -0.4 is 0 Å². The number of nitrogens with one attached hydrogen (secondary N) is 1. The van der Waals surface area contributed by atoms with E-state index in [0.717, 1.165) is 22.6 Å². The van der Waals surface area contributed by atoms with Gasteiger partial charge in [0.05, 0.1) is 0 Å². The Morgan fingerprint density at radius 3 is 2.21 bits per heavy atom. The fourth-order valence-corrected chi connectivity index (χ4v) is 1.27. The van der Waals surface area contributed by atoms with E-state index in [2.05, 4.69) is 20.2 Å². The highest BCUT2D eigenvalue weighted by Crippen LogP contribution is 2.15. The first-order valence-corrected chi connectivity index (χ1v) is 4.50. The molecule has 2 aromatic heterocycles. The average molecular weight is 188 g/mol. The van der Waals surface area contributed by atoms with Crippen molar-refractivity contribution in [3.8, 4) is 11.5 Å². The van der Waals surface area contributed by atoms with Crippen LogP contribution in [0.2, 0.25) is 0 Å². The van der Waals surface area contributed by atoms with Crippen molar-refractivity contribution < 1.29 is 0 Å². The molecule has 0 atom stereocenters. The van der Waals surface area contributed by atoms with E-state index in [1.807, 2.05) is 26.8 Å². The molecule has 0 fully saturated rings. The number of aromatic amines is 1. The lowest BCUT2D eigenvalue weighted by molar-refractivity contribution is 0.997. The lowest BCUT2D eigenvalue weighted by atomic mass is 10.2. The van der Waals surface area contributed by atoms with Gasteiger partial charge in [-0.1, -0.05) is 0 Å². The molecule has 0 bridgehead atoms. The van der Waals surface area contributed by atoms with Crippen molar-refractivity contribution in [3.63, 3.8) is 0 Å². The van der Waals surface area contributed by atoms with E-state index >= 15 is 0 Å². The van der Waals surface area contributed by atoms with Crippen LogP contribution in [0.4, 0.5) is 0 Å². The first-order chi connectivity index (χ1) is 6.68. The summed E-state index contributed by atoms with van der Waals surface area (Å²) in [6, 6.07) is 1.86. The van der Waals surface area contributed by atoms with E-state index in [1.165, 1.54) is 0 Å². The fourth-order valence-electron chi connectivity index (χ4n) is 1.27. The Hall–Kier alpha value is -1.71. The van der Waals surface area contributed by atoms with Crippen molar-refractivity contribution in [2.45, 2.75) is 20.8 Å². The minimum absolute atomic E-state index is 0.711. The third-order valence-corrected chi connectivity index (χ3v) is 2.37. The van der Waals surface area contributed by atoms with Crippen LogP contribution in [0.5, 0.6) is 0 Å². The van der Waals surface area contributed by atoms with Gasteiger partial charge in [0.25, 0.3) is 0 Å². The van der Waals surface area contributed by atoms with Crippen LogP contribution >= 0.6 is 0 Å². The maximum Gasteiger partial charge on any atom is 0.178 e. The molecule has 0 saturated carbocycles. The molecule has 14 heavy (non-hydrogen) atoms. The highest BCUT2D eigenvalue weighted by molar-refractivity contribution is 5.49. The molecule has 72 valence electrons. The first kappa shape index (κ1) is 8.87. The molecular weight excluding hydrogens is 176 g/mol. The highest BCUT2D eigenvalue weighted by Gasteiger charge is 2.06. The summed E-state index contributed by atoms with van der Waals surface area (Å²) < 4.78 is 0. The van der Waals surface area contributed by atoms with Gasteiger partial charge in [-0.2, -0.15) is 5.10 Å². The van der Waals surface area contributed by atoms with Crippen LogP contribution in [0.25, 0.3) is 11.5 Å². The van der Waals surface area contributed by atoms with E-state index in [4.69, 9.17) is 0 Å². The molecule has 1 N–H and O–H groups in total. The summed E-state index contributed by atoms with van der Waals surface area (Å²) in [4.78, 5) is 8.79. The zero-order valence-electron chi connectivity index (χ0n) is 8.50. The van der Waals surface area contributed by atoms with Gasteiger partial charge in [0.15, 0.2) is 5.82 Å². The zero-order chi connectivity index (χ0) is 10.1. The minimum Gasteiger partial charge on any atom is -0.275 e. The smallest absolute Gasteiger partial charge is 0.178 e. The lowest BCUT2D eigenvalue weighted by Crippen LogP contribution is -1.99. The van der Waals surface area contributed by atoms with Crippen LogP contribution in [-0.2, 0) is 0 Å². The van der Waals surface area contributed by atoms with Gasteiger partial charge >= 0.3 is 0 Å². The summed E-state index contributed by atoms with van der Waals surface area (Å²) in [6.45, 7) is 6.01. The number of rotatable bonds is 1. The molecule has 2 rings (SSSR count). The number of nitrogens with zero attached hydrogens (tertiary/aromatic N) is 3. The third kappa shape index (κ3) is 1.39. The second kappa shape index (κ2) is 3.21. The van der Waals surface area contributed by atoms with Crippen molar-refractivity contribution in [1.82, 2.24) is 20.2 Å². The number of hydrogen-bond acceptors (Lipinski definition) is 3. The standard InChI is InChI=1S/C10H12N4/c1-6-7(2)12-10(13-8(6)3)9-4-5-11-14-9/h4-5H,1-3H3,(H,11,14). The van der Waals surface area contributed by atoms with Gasteiger partial charge < -0.3 is 0 Å². The Bertz CT molecular complexity index is 422. The number of hydrogen-bond donors (Lipinski definition) is 1. The summed E-state index contributed by atoms with van der Waals surface area (Å²) >= 11 is 0. The second-order valence-corrected chi connectivity index (χ2v) is 3.31. The SMILES string of the molecule is Cc1nc(-c2ccn[nH]2)nc(C)c1C. The van der Waals surface area contributed by atoms with Crippen molar-refractivity contribution in [3.05, 3.63) is 29.2 Å². The van der Waals surface area contributed by atoms with Crippen molar-refractivity contribution in [2.75, 3.05) is 0 Å². The molecule has 2 aromatic rings. The van der Waals surface area contributed by atoms with Crippen molar-refractivity contribution >= 4 is 0 Å². The van der Waals surface area contributed by atoms with Gasteiger partial charge in [-0.25, -0.2) is 9.97 Å². The molecule has 4 heteroatoms. The number of aryl methyl sites for hydroxylation is 2. The molecule has 0 radical (unpaired) electrons. The third-order valence-electron chi connectivity index (χ3n) is 2.37. The second-order valence-electron chi connectivity index (χ2n) is 3.31. The number of aromatic nitrogens is 4. The molecule has 2 heterocycles. The van der Waals surface area contributed by atoms with Gasteiger partial charge in [-0.3, -0.25) is 5.10 Å². The van der Waals surface area contributed by atoms with Crippen LogP contribution in [0, 0.1) is 20.8 Å². The van der Waals surface area contributed by atoms with Gasteiger partial charge in [0.2, 0.25) is 0 Å². The summed E-state index contributed by atoms with van der Waals surface area (Å²) in [7, 11) is 0. The van der Waals surface area contributed by atoms with Gasteiger partial charge in [0, 0.05) is 17.6 Å². The Morgan fingerprint density at radius 2 is 1.71 bits per heavy atom. The van der Waals surface area contributed by atoms with E-state index in [9.17, 15) is 0 Å². The Balaban J connectivity index is 2.57. The molecule has 0 saturated heterocycles. The largest absolute Gasteiger partial charge is 0.275 e. The van der Waals surface area contributed by atoms with Crippen molar-refractivity contribution in [2.24, 2.45) is 0 Å². The Kier molecular flexibility index (Phi) is 2.04. The molecule has 0 amide bonds. The summed E-state index contributed by atoms with van der Waals surface area (Å²) in [5.74, 6) is 0.711.